The number of rotatable bonds is 4. The van der Waals surface area contributed by atoms with Crippen molar-refractivity contribution in [1.29, 1.82) is 0 Å². The normalized spacial score (nSPS) is 21.5. The first-order valence-corrected chi connectivity index (χ1v) is 7.35. The Bertz CT molecular complexity index is 612. The lowest BCUT2D eigenvalue weighted by molar-refractivity contribution is -0.0539. The van der Waals surface area contributed by atoms with E-state index in [-0.39, 0.29) is 18.2 Å². The maximum Gasteiger partial charge on any atom is 0.338 e. The molecule has 1 saturated carbocycles. The molecule has 2 atom stereocenters. The predicted octanol–water partition coefficient (Wildman–Crippen LogP) is 1.78. The number of nitrogens with zero attached hydrogens (tertiary/aromatic N) is 4. The lowest BCUT2D eigenvalue weighted by atomic mass is 9.94. The molecule has 22 heavy (non-hydrogen) atoms. The highest BCUT2D eigenvalue weighted by Gasteiger charge is 2.28. The van der Waals surface area contributed by atoms with E-state index in [9.17, 15) is 4.79 Å². The molecule has 0 unspecified atom stereocenters. The lowest BCUT2D eigenvalue weighted by Gasteiger charge is -2.29. The summed E-state index contributed by atoms with van der Waals surface area (Å²) in [4.78, 5) is 12.2. The van der Waals surface area contributed by atoms with Gasteiger partial charge in [-0.15, -0.1) is 5.10 Å². The summed E-state index contributed by atoms with van der Waals surface area (Å²) in [6.45, 7) is 0. The first-order valence-electron chi connectivity index (χ1n) is 7.35. The molecule has 1 aliphatic carbocycles. The molecular weight excluding hydrogens is 284 g/mol. The number of benzene rings is 1. The zero-order valence-electron chi connectivity index (χ0n) is 12.4. The molecule has 0 bridgehead atoms. The van der Waals surface area contributed by atoms with Crippen molar-refractivity contribution in [2.75, 3.05) is 7.11 Å². The van der Waals surface area contributed by atoms with Crippen LogP contribution < -0.4 is 0 Å². The zero-order valence-corrected chi connectivity index (χ0v) is 12.4. The smallest absolute Gasteiger partial charge is 0.338 e. The molecule has 7 nitrogen and oxygen atoms in total. The summed E-state index contributed by atoms with van der Waals surface area (Å²) in [5, 5.41) is 11.0. The topological polar surface area (TPSA) is 79.1 Å². The molecule has 0 radical (unpaired) electrons. The van der Waals surface area contributed by atoms with E-state index in [4.69, 9.17) is 9.47 Å². The lowest BCUT2D eigenvalue weighted by Crippen LogP contribution is -2.35. The van der Waals surface area contributed by atoms with Crippen molar-refractivity contribution in [2.45, 2.75) is 37.9 Å². The average molecular weight is 302 g/mol. The molecule has 1 fully saturated rings. The van der Waals surface area contributed by atoms with Gasteiger partial charge in [0.1, 0.15) is 12.4 Å². The maximum absolute atomic E-state index is 12.2. The van der Waals surface area contributed by atoms with Gasteiger partial charge in [-0.05, 0) is 54.0 Å². The molecule has 2 aromatic rings. The van der Waals surface area contributed by atoms with Gasteiger partial charge in [0.2, 0.25) is 0 Å². The molecule has 1 aromatic carbocycles. The Morgan fingerprint density at radius 2 is 1.91 bits per heavy atom. The average Bonchev–Trinajstić information content (AvgIpc) is 3.10. The fraction of sp³-hybridized carbons (Fsp3) is 0.467. The van der Waals surface area contributed by atoms with Gasteiger partial charge in [-0.2, -0.15) is 0 Å². The second kappa shape index (κ2) is 6.65. The molecule has 0 aliphatic heterocycles. The third kappa shape index (κ3) is 3.14. The van der Waals surface area contributed by atoms with Crippen molar-refractivity contribution in [2.24, 2.45) is 0 Å². The van der Waals surface area contributed by atoms with Gasteiger partial charge in [0.05, 0.1) is 17.4 Å². The molecule has 0 amide bonds. The molecule has 0 spiro atoms. The fourth-order valence-corrected chi connectivity index (χ4v) is 2.70. The zero-order chi connectivity index (χ0) is 15.4. The SMILES string of the molecule is CO[C@H]1CCCC[C@H]1OC(=O)c1ccc(-n2cnnn2)cc1. The highest BCUT2D eigenvalue weighted by atomic mass is 16.6. The van der Waals surface area contributed by atoms with E-state index in [1.165, 1.54) is 11.0 Å². The number of carbonyl (C=O) groups excluding carboxylic acids is 1. The Morgan fingerprint density at radius 3 is 2.55 bits per heavy atom. The number of hydrogen-bond donors (Lipinski definition) is 0. The van der Waals surface area contributed by atoms with Gasteiger partial charge in [0.25, 0.3) is 0 Å². The quantitative estimate of drug-likeness (QED) is 0.801. The monoisotopic (exact) mass is 302 g/mol. The van der Waals surface area contributed by atoms with E-state index in [1.807, 2.05) is 0 Å². The number of tetrazole rings is 1. The predicted molar refractivity (Wildman–Crippen MR) is 77.6 cm³/mol. The van der Waals surface area contributed by atoms with Crippen LogP contribution in [-0.4, -0.2) is 45.5 Å². The van der Waals surface area contributed by atoms with Gasteiger partial charge in [0.15, 0.2) is 0 Å². The van der Waals surface area contributed by atoms with Crippen LogP contribution in [0.5, 0.6) is 0 Å². The number of ether oxygens (including phenoxy) is 2. The molecule has 1 aromatic heterocycles. The van der Waals surface area contributed by atoms with Crippen LogP contribution in [-0.2, 0) is 9.47 Å². The Balaban J connectivity index is 1.67. The fourth-order valence-electron chi connectivity index (χ4n) is 2.70. The first kappa shape index (κ1) is 14.6. The molecule has 7 heteroatoms. The second-order valence-corrected chi connectivity index (χ2v) is 5.30. The molecule has 0 saturated heterocycles. The van der Waals surface area contributed by atoms with Crippen LogP contribution in [0.25, 0.3) is 5.69 Å². The van der Waals surface area contributed by atoms with Gasteiger partial charge in [-0.1, -0.05) is 6.42 Å². The molecule has 3 rings (SSSR count). The third-order valence-electron chi connectivity index (χ3n) is 3.92. The molecular formula is C15H18N4O3. The number of aromatic nitrogens is 4. The summed E-state index contributed by atoms with van der Waals surface area (Å²) in [6, 6.07) is 6.98. The van der Waals surface area contributed by atoms with Crippen molar-refractivity contribution >= 4 is 5.97 Å². The first-order chi connectivity index (χ1) is 10.8. The summed E-state index contributed by atoms with van der Waals surface area (Å²) >= 11 is 0. The van der Waals surface area contributed by atoms with E-state index >= 15 is 0 Å². The van der Waals surface area contributed by atoms with Gasteiger partial charge >= 0.3 is 5.97 Å². The number of hydrogen-bond acceptors (Lipinski definition) is 6. The summed E-state index contributed by atoms with van der Waals surface area (Å²) in [6.07, 6.45) is 5.31. The minimum absolute atomic E-state index is 0.00167. The van der Waals surface area contributed by atoms with Crippen molar-refractivity contribution < 1.29 is 14.3 Å². The van der Waals surface area contributed by atoms with Crippen LogP contribution in [0.15, 0.2) is 30.6 Å². The van der Waals surface area contributed by atoms with E-state index < -0.39 is 0 Å². The standard InChI is InChI=1S/C15H18N4O3/c1-21-13-4-2-3-5-14(13)22-15(20)11-6-8-12(9-7-11)19-10-16-17-18-19/h6-10,13-14H,2-5H2,1H3/t13-,14+/m0/s1. The van der Waals surface area contributed by atoms with Crippen molar-refractivity contribution in [3.8, 4) is 5.69 Å². The largest absolute Gasteiger partial charge is 0.456 e. The number of esters is 1. The maximum atomic E-state index is 12.2. The molecule has 1 aliphatic rings. The van der Waals surface area contributed by atoms with Crippen molar-refractivity contribution in [1.82, 2.24) is 20.2 Å². The molecule has 1 heterocycles. The van der Waals surface area contributed by atoms with E-state index in [2.05, 4.69) is 15.5 Å². The summed E-state index contributed by atoms with van der Waals surface area (Å²) in [7, 11) is 1.66. The molecule has 116 valence electrons. The highest BCUT2D eigenvalue weighted by molar-refractivity contribution is 5.89. The van der Waals surface area contributed by atoms with Crippen LogP contribution in [0.3, 0.4) is 0 Å². The van der Waals surface area contributed by atoms with E-state index in [0.717, 1.165) is 31.4 Å². The highest BCUT2D eigenvalue weighted by Crippen LogP contribution is 2.24. The van der Waals surface area contributed by atoms with Crippen molar-refractivity contribution in [3.63, 3.8) is 0 Å². The van der Waals surface area contributed by atoms with Crippen LogP contribution >= 0.6 is 0 Å². The van der Waals surface area contributed by atoms with Crippen LogP contribution in [0.2, 0.25) is 0 Å². The number of carbonyl (C=O) groups is 1. The van der Waals surface area contributed by atoms with Crippen molar-refractivity contribution in [3.05, 3.63) is 36.2 Å². The minimum atomic E-state index is -0.322. The van der Waals surface area contributed by atoms with Gasteiger partial charge in [-0.3, -0.25) is 0 Å². The van der Waals surface area contributed by atoms with Crippen LogP contribution in [0.1, 0.15) is 36.0 Å². The number of methoxy groups -OCH3 is 1. The van der Waals surface area contributed by atoms with Gasteiger partial charge in [0, 0.05) is 7.11 Å². The van der Waals surface area contributed by atoms with E-state index in [1.54, 1.807) is 31.4 Å². The van der Waals surface area contributed by atoms with Crippen LogP contribution in [0, 0.1) is 0 Å². The van der Waals surface area contributed by atoms with E-state index in [0.29, 0.717) is 5.56 Å². The Labute approximate surface area is 128 Å². The van der Waals surface area contributed by atoms with Gasteiger partial charge in [-0.25, -0.2) is 9.48 Å². The summed E-state index contributed by atoms with van der Waals surface area (Å²) in [5.41, 5.74) is 1.30. The Hall–Kier alpha value is -2.28. The van der Waals surface area contributed by atoms with Crippen LogP contribution in [0.4, 0.5) is 0 Å². The van der Waals surface area contributed by atoms with Gasteiger partial charge < -0.3 is 9.47 Å². The Kier molecular flexibility index (Phi) is 4.43. The summed E-state index contributed by atoms with van der Waals surface area (Å²) < 4.78 is 12.5. The minimum Gasteiger partial charge on any atom is -0.456 e. The second-order valence-electron chi connectivity index (χ2n) is 5.30. The third-order valence-corrected chi connectivity index (χ3v) is 3.92. The Morgan fingerprint density at radius 1 is 1.18 bits per heavy atom. The molecule has 0 N–H and O–H groups in total. The summed E-state index contributed by atoms with van der Waals surface area (Å²) in [5.74, 6) is -0.322.